The summed E-state index contributed by atoms with van der Waals surface area (Å²) in [5.74, 6) is -0.476. The van der Waals surface area contributed by atoms with Gasteiger partial charge in [-0.1, -0.05) is 48.5 Å². The smallest absolute Gasteiger partial charge is 0.328 e. The molecule has 1 fully saturated rings. The Kier molecular flexibility index (Phi) is 7.24. The fourth-order valence-corrected chi connectivity index (χ4v) is 4.49. The number of hydrogen-bond acceptors (Lipinski definition) is 8. The summed E-state index contributed by atoms with van der Waals surface area (Å²) < 4.78 is 9.48. The van der Waals surface area contributed by atoms with Gasteiger partial charge in [0, 0.05) is 12.6 Å². The number of aromatic nitrogens is 1. The van der Waals surface area contributed by atoms with Crippen LogP contribution in [0.5, 0.6) is 5.75 Å². The van der Waals surface area contributed by atoms with Crippen LogP contribution in [-0.2, 0) is 22.6 Å². The number of thioether (sulfide) groups is 1. The quantitative estimate of drug-likeness (QED) is 0.356. The molecule has 1 aliphatic heterocycles. The van der Waals surface area contributed by atoms with Gasteiger partial charge in [0.1, 0.15) is 18.1 Å². The number of carbonyl (C=O) groups is 3. The first-order valence-electron chi connectivity index (χ1n) is 10.5. The Labute approximate surface area is 200 Å². The van der Waals surface area contributed by atoms with Gasteiger partial charge in [-0.15, -0.1) is 0 Å². The predicted molar refractivity (Wildman–Crippen MR) is 125 cm³/mol. The van der Waals surface area contributed by atoms with Crippen LogP contribution in [0.25, 0.3) is 0 Å². The van der Waals surface area contributed by atoms with E-state index < -0.39 is 22.2 Å². The largest absolute Gasteiger partial charge is 0.485 e. The molecule has 2 aromatic carbocycles. The lowest BCUT2D eigenvalue weighted by Gasteiger charge is -2.27. The topological polar surface area (TPSA) is 115 Å². The Morgan fingerprint density at radius 2 is 1.74 bits per heavy atom. The van der Waals surface area contributed by atoms with Crippen molar-refractivity contribution in [3.63, 3.8) is 0 Å². The number of aliphatic hydroxyl groups is 1. The van der Waals surface area contributed by atoms with E-state index in [1.54, 1.807) is 42.5 Å². The summed E-state index contributed by atoms with van der Waals surface area (Å²) >= 11 is 0.718. The molecule has 174 valence electrons. The van der Waals surface area contributed by atoms with Crippen molar-refractivity contribution in [2.24, 2.45) is 0 Å². The molecule has 0 bridgehead atoms. The van der Waals surface area contributed by atoms with E-state index in [1.165, 1.54) is 6.20 Å². The Hall–Kier alpha value is -3.69. The number of nitrogens with one attached hydrogen (secondary N) is 1. The minimum Gasteiger partial charge on any atom is -0.485 e. The van der Waals surface area contributed by atoms with Gasteiger partial charge in [0.2, 0.25) is 5.78 Å². The van der Waals surface area contributed by atoms with Crippen molar-refractivity contribution in [3.05, 3.63) is 95.8 Å². The maximum absolute atomic E-state index is 13.0. The number of pyridine rings is 1. The highest BCUT2D eigenvalue weighted by Crippen LogP contribution is 2.39. The first-order valence-corrected chi connectivity index (χ1v) is 11.3. The summed E-state index contributed by atoms with van der Waals surface area (Å²) in [5, 5.41) is 12.4. The van der Waals surface area contributed by atoms with Gasteiger partial charge in [-0.2, -0.15) is 0 Å². The molecule has 1 aromatic heterocycles. The molecule has 0 spiro atoms. The molecule has 2 heterocycles. The van der Waals surface area contributed by atoms with Crippen LogP contribution in [0.2, 0.25) is 0 Å². The van der Waals surface area contributed by atoms with E-state index in [4.69, 9.17) is 9.47 Å². The number of esters is 1. The van der Waals surface area contributed by atoms with Gasteiger partial charge in [-0.05, 0) is 47.2 Å². The minimum atomic E-state index is -1.52. The third kappa shape index (κ3) is 5.44. The first-order chi connectivity index (χ1) is 16.5. The van der Waals surface area contributed by atoms with Crippen LogP contribution in [0.3, 0.4) is 0 Å². The summed E-state index contributed by atoms with van der Waals surface area (Å²) in [6.07, 6.45) is 0.191. The van der Waals surface area contributed by atoms with Gasteiger partial charge in [-0.25, -0.2) is 0 Å². The van der Waals surface area contributed by atoms with Crippen LogP contribution >= 0.6 is 11.8 Å². The maximum Gasteiger partial charge on any atom is 0.328 e. The van der Waals surface area contributed by atoms with E-state index in [0.717, 1.165) is 17.3 Å². The highest BCUT2D eigenvalue weighted by Gasteiger charge is 2.55. The van der Waals surface area contributed by atoms with Gasteiger partial charge >= 0.3 is 5.97 Å². The van der Waals surface area contributed by atoms with Crippen LogP contribution in [0, 0.1) is 0 Å². The Morgan fingerprint density at radius 1 is 1.00 bits per heavy atom. The van der Waals surface area contributed by atoms with Gasteiger partial charge in [-0.3, -0.25) is 19.4 Å². The number of carbonyl (C=O) groups excluding carboxylic acids is 3. The average molecular weight is 479 g/mol. The lowest BCUT2D eigenvalue weighted by atomic mass is 9.96. The minimum absolute atomic E-state index is 0.0277. The molecule has 2 atom stereocenters. The molecule has 8 nitrogen and oxygen atoms in total. The molecule has 2 unspecified atom stereocenters. The van der Waals surface area contributed by atoms with Gasteiger partial charge in [0.25, 0.3) is 5.24 Å². The molecule has 3 aromatic rings. The zero-order valence-electron chi connectivity index (χ0n) is 18.0. The number of nitrogens with zero attached hydrogens (tertiary/aromatic N) is 1. The molecule has 0 aliphatic carbocycles. The van der Waals surface area contributed by atoms with Crippen LogP contribution in [0.1, 0.15) is 21.6 Å². The third-order valence-corrected chi connectivity index (χ3v) is 6.44. The standard InChI is InChI=1S/C25H22N2O6S/c28-21(20-8-4-5-13-26-20)16-32-19-11-9-17(10-12-19)14-25(22(29)27-24(31)34-25)23(30)33-15-18-6-2-1-3-7-18/h1-13,22,29H,14-16H2,(H,27,31). The summed E-state index contributed by atoms with van der Waals surface area (Å²) in [5.41, 5.74) is 1.80. The van der Waals surface area contributed by atoms with E-state index >= 15 is 0 Å². The first kappa shape index (κ1) is 23.5. The van der Waals surface area contributed by atoms with E-state index in [-0.39, 0.29) is 25.4 Å². The number of ether oxygens (including phenoxy) is 2. The van der Waals surface area contributed by atoms with Crippen LogP contribution < -0.4 is 10.1 Å². The van der Waals surface area contributed by atoms with Gasteiger partial charge < -0.3 is 19.9 Å². The third-order valence-electron chi connectivity index (χ3n) is 5.24. The second kappa shape index (κ2) is 10.5. The van der Waals surface area contributed by atoms with Crippen molar-refractivity contribution < 1.29 is 29.0 Å². The maximum atomic E-state index is 13.0. The molecule has 0 saturated carbocycles. The zero-order chi connectivity index (χ0) is 24.0. The molecule has 1 saturated heterocycles. The van der Waals surface area contributed by atoms with Crippen LogP contribution in [0.15, 0.2) is 79.0 Å². The Bertz CT molecular complexity index is 1160. The number of ketones is 1. The molecule has 9 heteroatoms. The lowest BCUT2D eigenvalue weighted by Crippen LogP contribution is -2.50. The number of aliphatic hydroxyl groups excluding tert-OH is 1. The molecule has 0 radical (unpaired) electrons. The SMILES string of the molecule is O=C1NC(O)C(Cc2ccc(OCC(=O)c3ccccn3)cc2)(C(=O)OCc2ccccc2)S1. The summed E-state index contributed by atoms with van der Waals surface area (Å²) in [6.45, 7) is -0.140. The van der Waals surface area contributed by atoms with E-state index in [9.17, 15) is 19.5 Å². The molecular formula is C25H22N2O6S. The van der Waals surface area contributed by atoms with E-state index in [2.05, 4.69) is 10.3 Å². The van der Waals surface area contributed by atoms with Crippen molar-refractivity contribution >= 4 is 28.8 Å². The summed E-state index contributed by atoms with van der Waals surface area (Å²) in [4.78, 5) is 41.2. The van der Waals surface area contributed by atoms with Gasteiger partial charge in [0.15, 0.2) is 17.6 Å². The van der Waals surface area contributed by atoms with Gasteiger partial charge in [0.05, 0.1) is 0 Å². The van der Waals surface area contributed by atoms with E-state index in [0.29, 0.717) is 17.0 Å². The Morgan fingerprint density at radius 3 is 2.38 bits per heavy atom. The molecule has 1 amide bonds. The van der Waals surface area contributed by atoms with Crippen molar-refractivity contribution in [1.82, 2.24) is 10.3 Å². The second-order valence-electron chi connectivity index (χ2n) is 7.64. The number of rotatable bonds is 9. The molecular weight excluding hydrogens is 456 g/mol. The predicted octanol–water partition coefficient (Wildman–Crippen LogP) is 3.14. The van der Waals surface area contributed by atoms with E-state index in [1.807, 2.05) is 30.3 Å². The second-order valence-corrected chi connectivity index (χ2v) is 8.94. The monoisotopic (exact) mass is 478 g/mol. The number of Topliss-reactive ketones (excluding diaryl/α,β-unsaturated/α-hetero) is 1. The average Bonchev–Trinajstić information content (AvgIpc) is 3.16. The molecule has 4 rings (SSSR count). The van der Waals surface area contributed by atoms with Crippen molar-refractivity contribution in [2.45, 2.75) is 24.0 Å². The summed E-state index contributed by atoms with van der Waals surface area (Å²) in [7, 11) is 0. The van der Waals surface area contributed by atoms with Crippen molar-refractivity contribution in [2.75, 3.05) is 6.61 Å². The van der Waals surface area contributed by atoms with Crippen LogP contribution in [0.4, 0.5) is 4.79 Å². The highest BCUT2D eigenvalue weighted by atomic mass is 32.2. The van der Waals surface area contributed by atoms with Crippen LogP contribution in [-0.4, -0.2) is 44.7 Å². The van der Waals surface area contributed by atoms with Crippen molar-refractivity contribution in [3.8, 4) is 5.75 Å². The highest BCUT2D eigenvalue weighted by molar-refractivity contribution is 8.15. The number of amides is 1. The fourth-order valence-electron chi connectivity index (χ4n) is 3.44. The van der Waals surface area contributed by atoms with Crippen molar-refractivity contribution in [1.29, 1.82) is 0 Å². The molecule has 2 N–H and O–H groups in total. The number of benzene rings is 2. The number of hydrogen-bond donors (Lipinski definition) is 2. The summed E-state index contributed by atoms with van der Waals surface area (Å²) in [6, 6.07) is 21.0. The lowest BCUT2D eigenvalue weighted by molar-refractivity contribution is -0.151. The zero-order valence-corrected chi connectivity index (χ0v) is 18.9. The normalized spacial score (nSPS) is 19.3. The molecule has 1 aliphatic rings. The molecule has 34 heavy (non-hydrogen) atoms. The Balaban J connectivity index is 1.42. The fraction of sp³-hybridized carbons (Fsp3) is 0.200.